The first-order valence-corrected chi connectivity index (χ1v) is 12.0. The van der Waals surface area contributed by atoms with E-state index in [1.807, 2.05) is 0 Å². The lowest BCUT2D eigenvalue weighted by Gasteiger charge is -2.44. The summed E-state index contributed by atoms with van der Waals surface area (Å²) in [5.74, 6) is -2.05. The number of hydrogen-bond acceptors (Lipinski definition) is 11. The van der Waals surface area contributed by atoms with Gasteiger partial charge in [0.1, 0.15) is 30.3 Å². The van der Waals surface area contributed by atoms with E-state index in [9.17, 15) is 24.0 Å². The summed E-state index contributed by atoms with van der Waals surface area (Å²) in [6.45, 7) is 4.37. The minimum absolute atomic E-state index is 0.251. The van der Waals surface area contributed by atoms with E-state index in [0.29, 0.717) is 11.3 Å². The Morgan fingerprint density at radius 1 is 0.897 bits per heavy atom. The van der Waals surface area contributed by atoms with Gasteiger partial charge in [-0.15, -0.1) is 0 Å². The highest BCUT2D eigenvalue weighted by Crippen LogP contribution is 2.29. The first kappa shape index (κ1) is 29.1. The van der Waals surface area contributed by atoms with E-state index in [4.69, 9.17) is 28.1 Å². The van der Waals surface area contributed by atoms with Gasteiger partial charge >= 0.3 is 17.9 Å². The third-order valence-corrected chi connectivity index (χ3v) is 5.40. The van der Waals surface area contributed by atoms with E-state index in [0.717, 1.165) is 13.8 Å². The SMILES string of the molecule is CC(=O)N[C@@H]1[C@H](Oc2ccc(C(=O)C=Cc3ccco3)cc2)O[C@H](COC(C)=O)[C@@H](OC(C)=O)[C@@H]1OC(C)=O. The summed E-state index contributed by atoms with van der Waals surface area (Å²) < 4.78 is 33.0. The van der Waals surface area contributed by atoms with Crippen molar-refractivity contribution >= 4 is 35.7 Å². The van der Waals surface area contributed by atoms with Crippen LogP contribution in [-0.4, -0.2) is 66.8 Å². The third-order valence-electron chi connectivity index (χ3n) is 5.40. The molecule has 5 atom stereocenters. The number of benzene rings is 1. The molecule has 3 rings (SSSR count). The van der Waals surface area contributed by atoms with Crippen molar-refractivity contribution in [1.29, 1.82) is 0 Å². The molecule has 1 N–H and O–H groups in total. The molecule has 1 saturated heterocycles. The van der Waals surface area contributed by atoms with Crippen LogP contribution in [0.15, 0.2) is 53.2 Å². The fourth-order valence-electron chi connectivity index (χ4n) is 3.86. The highest BCUT2D eigenvalue weighted by atomic mass is 16.7. The predicted molar refractivity (Wildman–Crippen MR) is 133 cm³/mol. The van der Waals surface area contributed by atoms with Gasteiger partial charge < -0.3 is 33.4 Å². The van der Waals surface area contributed by atoms with Crippen LogP contribution in [0.4, 0.5) is 0 Å². The van der Waals surface area contributed by atoms with Crippen molar-refractivity contribution in [3.05, 3.63) is 60.1 Å². The third kappa shape index (κ3) is 8.54. The zero-order valence-electron chi connectivity index (χ0n) is 21.8. The number of rotatable bonds is 10. The lowest BCUT2D eigenvalue weighted by Crippen LogP contribution is -2.67. The maximum Gasteiger partial charge on any atom is 0.303 e. The van der Waals surface area contributed by atoms with Crippen LogP contribution in [0.1, 0.15) is 43.8 Å². The Labute approximate surface area is 224 Å². The summed E-state index contributed by atoms with van der Waals surface area (Å²) in [7, 11) is 0. The van der Waals surface area contributed by atoms with Gasteiger partial charge in [0.15, 0.2) is 18.0 Å². The van der Waals surface area contributed by atoms with Crippen LogP contribution in [0.2, 0.25) is 0 Å². The van der Waals surface area contributed by atoms with E-state index in [1.165, 1.54) is 50.5 Å². The van der Waals surface area contributed by atoms with Crippen molar-refractivity contribution < 1.29 is 52.1 Å². The fraction of sp³-hybridized carbons (Fsp3) is 0.370. The average molecular weight is 544 g/mol. The zero-order chi connectivity index (χ0) is 28.5. The van der Waals surface area contributed by atoms with Crippen molar-refractivity contribution in [2.45, 2.75) is 58.3 Å². The van der Waals surface area contributed by atoms with Crippen LogP contribution in [0, 0.1) is 0 Å². The standard InChI is InChI=1S/C27H29NO11/c1-15(29)28-24-26(37-18(4)32)25(36-17(3)31)23(14-35-16(2)30)39-27(24)38-21-9-7-19(8-10-21)22(33)12-11-20-6-5-13-34-20/h5-13,23-27H,14H2,1-4H3,(H,28,29)/t23-,24+,25-,26-,27-/m1/s1. The van der Waals surface area contributed by atoms with Crippen molar-refractivity contribution in [2.75, 3.05) is 6.61 Å². The molecule has 1 aromatic carbocycles. The Hall–Kier alpha value is -4.45. The Bertz CT molecular complexity index is 1200. The minimum Gasteiger partial charge on any atom is -0.465 e. The average Bonchev–Trinajstić information content (AvgIpc) is 3.38. The summed E-state index contributed by atoms with van der Waals surface area (Å²) in [4.78, 5) is 59.8. The number of ether oxygens (including phenoxy) is 5. The Balaban J connectivity index is 1.86. The van der Waals surface area contributed by atoms with Crippen LogP contribution in [0.25, 0.3) is 6.08 Å². The van der Waals surface area contributed by atoms with Crippen molar-refractivity contribution in [1.82, 2.24) is 5.32 Å². The number of nitrogens with one attached hydrogen (secondary N) is 1. The molecule has 1 amide bonds. The summed E-state index contributed by atoms with van der Waals surface area (Å²) in [5.41, 5.74) is 0.369. The molecule has 39 heavy (non-hydrogen) atoms. The molecule has 0 radical (unpaired) electrons. The van der Waals surface area contributed by atoms with Gasteiger partial charge in [0.25, 0.3) is 0 Å². The summed E-state index contributed by atoms with van der Waals surface area (Å²) in [6, 6.07) is 8.38. The van der Waals surface area contributed by atoms with Gasteiger partial charge in [-0.05, 0) is 48.6 Å². The first-order chi connectivity index (χ1) is 18.5. The number of allylic oxidation sites excluding steroid dienone is 1. The molecule has 12 heteroatoms. The number of amides is 1. The van der Waals surface area contributed by atoms with E-state index in [1.54, 1.807) is 18.2 Å². The molecule has 1 fully saturated rings. The Morgan fingerprint density at radius 3 is 2.13 bits per heavy atom. The smallest absolute Gasteiger partial charge is 0.303 e. The van der Waals surface area contributed by atoms with Gasteiger partial charge in [0, 0.05) is 33.3 Å². The molecule has 2 aromatic rings. The van der Waals surface area contributed by atoms with Crippen LogP contribution in [0.5, 0.6) is 5.75 Å². The molecule has 208 valence electrons. The van der Waals surface area contributed by atoms with Gasteiger partial charge in [0.2, 0.25) is 12.2 Å². The Morgan fingerprint density at radius 2 is 1.56 bits per heavy atom. The number of ketones is 1. The van der Waals surface area contributed by atoms with Crippen molar-refractivity contribution in [2.24, 2.45) is 0 Å². The van der Waals surface area contributed by atoms with Crippen LogP contribution in [-0.2, 0) is 38.1 Å². The first-order valence-electron chi connectivity index (χ1n) is 12.0. The predicted octanol–water partition coefficient (Wildman–Crippen LogP) is 2.21. The molecular formula is C27H29NO11. The lowest BCUT2D eigenvalue weighted by molar-refractivity contribution is -0.257. The number of hydrogen-bond donors (Lipinski definition) is 1. The molecule has 12 nitrogen and oxygen atoms in total. The second-order valence-electron chi connectivity index (χ2n) is 8.58. The quantitative estimate of drug-likeness (QED) is 0.203. The lowest BCUT2D eigenvalue weighted by atomic mass is 9.96. The van der Waals surface area contributed by atoms with Crippen LogP contribution < -0.4 is 10.1 Å². The molecule has 1 aliphatic rings. The molecule has 0 spiro atoms. The van der Waals surface area contributed by atoms with E-state index < -0.39 is 54.5 Å². The second-order valence-corrected chi connectivity index (χ2v) is 8.58. The summed E-state index contributed by atoms with van der Waals surface area (Å²) >= 11 is 0. The molecule has 2 heterocycles. The molecule has 0 saturated carbocycles. The second kappa shape index (κ2) is 13.4. The number of esters is 3. The molecule has 1 aliphatic heterocycles. The van der Waals surface area contributed by atoms with E-state index >= 15 is 0 Å². The van der Waals surface area contributed by atoms with Gasteiger partial charge in [0.05, 0.1) is 6.26 Å². The summed E-state index contributed by atoms with van der Waals surface area (Å²) in [5, 5.41) is 2.62. The topological polar surface area (TPSA) is 157 Å². The van der Waals surface area contributed by atoms with Crippen molar-refractivity contribution in [3.63, 3.8) is 0 Å². The van der Waals surface area contributed by atoms with Gasteiger partial charge in [-0.3, -0.25) is 24.0 Å². The summed E-state index contributed by atoms with van der Waals surface area (Å²) in [6.07, 6.45) is -0.459. The van der Waals surface area contributed by atoms with Gasteiger partial charge in [-0.2, -0.15) is 0 Å². The Kier molecular flexibility index (Phi) is 9.98. The number of furan rings is 1. The van der Waals surface area contributed by atoms with Crippen LogP contribution in [0.3, 0.4) is 0 Å². The molecule has 0 unspecified atom stereocenters. The largest absolute Gasteiger partial charge is 0.465 e. The molecule has 1 aromatic heterocycles. The maximum absolute atomic E-state index is 12.5. The van der Waals surface area contributed by atoms with E-state index in [-0.39, 0.29) is 18.1 Å². The molecule has 0 bridgehead atoms. The van der Waals surface area contributed by atoms with Gasteiger partial charge in [-0.1, -0.05) is 0 Å². The fourth-order valence-corrected chi connectivity index (χ4v) is 3.86. The normalized spacial score (nSPS) is 22.5. The highest BCUT2D eigenvalue weighted by molar-refractivity contribution is 6.06. The maximum atomic E-state index is 12.5. The minimum atomic E-state index is -1.27. The molecular weight excluding hydrogens is 514 g/mol. The number of carbonyl (C=O) groups excluding carboxylic acids is 5. The zero-order valence-corrected chi connectivity index (χ0v) is 21.8. The molecule has 0 aliphatic carbocycles. The highest BCUT2D eigenvalue weighted by Gasteiger charge is 2.51. The van der Waals surface area contributed by atoms with Crippen LogP contribution >= 0.6 is 0 Å². The number of carbonyl (C=O) groups is 5. The monoisotopic (exact) mass is 543 g/mol. The van der Waals surface area contributed by atoms with Gasteiger partial charge in [-0.25, -0.2) is 0 Å². The van der Waals surface area contributed by atoms with E-state index in [2.05, 4.69) is 5.32 Å². The van der Waals surface area contributed by atoms with Crippen molar-refractivity contribution in [3.8, 4) is 5.75 Å².